The van der Waals surface area contributed by atoms with Crippen molar-refractivity contribution < 1.29 is 9.90 Å². The first kappa shape index (κ1) is 18.2. The van der Waals surface area contributed by atoms with E-state index in [0.717, 1.165) is 12.0 Å². The summed E-state index contributed by atoms with van der Waals surface area (Å²) in [5, 5.41) is 21.7. The molecule has 134 valence electrons. The standard InChI is InChI=1S/C22H24N2O2/c1-16(11-17-7-9-18(13-23)10-8-17)21(26)24-14-22(15-25)12-20(22)19-5-3-2-4-6-19/h2-10,16,20,25H,11-12,14-15H2,1H3,(H,24,26)/t16?,20-,22-/m1/s1. The lowest BCUT2D eigenvalue weighted by Crippen LogP contribution is -2.36. The van der Waals surface area contributed by atoms with Gasteiger partial charge in [0.1, 0.15) is 0 Å². The monoisotopic (exact) mass is 348 g/mol. The van der Waals surface area contributed by atoms with E-state index in [-0.39, 0.29) is 23.8 Å². The third-order valence-electron chi connectivity index (χ3n) is 5.39. The van der Waals surface area contributed by atoms with Crippen LogP contribution < -0.4 is 5.32 Å². The fourth-order valence-electron chi connectivity index (χ4n) is 3.53. The number of aliphatic hydroxyl groups is 1. The number of amides is 1. The second-order valence-electron chi connectivity index (χ2n) is 7.32. The first-order chi connectivity index (χ1) is 12.6. The zero-order chi connectivity index (χ0) is 18.6. The van der Waals surface area contributed by atoms with Crippen LogP contribution in [0.2, 0.25) is 0 Å². The quantitative estimate of drug-likeness (QED) is 0.808. The molecule has 1 saturated carbocycles. The molecule has 0 spiro atoms. The van der Waals surface area contributed by atoms with E-state index >= 15 is 0 Å². The number of nitrogens with one attached hydrogen (secondary N) is 1. The van der Waals surface area contributed by atoms with Crippen LogP contribution in [0, 0.1) is 22.7 Å². The number of carbonyl (C=O) groups is 1. The van der Waals surface area contributed by atoms with Crippen LogP contribution in [-0.4, -0.2) is 24.2 Å². The van der Waals surface area contributed by atoms with Gasteiger partial charge in [0.05, 0.1) is 18.2 Å². The Hall–Kier alpha value is -2.64. The molecule has 2 N–H and O–H groups in total. The molecular weight excluding hydrogens is 324 g/mol. The number of aliphatic hydroxyl groups excluding tert-OH is 1. The van der Waals surface area contributed by atoms with Crippen LogP contribution in [0.3, 0.4) is 0 Å². The number of hydrogen-bond donors (Lipinski definition) is 2. The smallest absolute Gasteiger partial charge is 0.223 e. The van der Waals surface area contributed by atoms with E-state index in [1.165, 1.54) is 5.56 Å². The Morgan fingerprint density at radius 3 is 2.58 bits per heavy atom. The van der Waals surface area contributed by atoms with E-state index < -0.39 is 0 Å². The van der Waals surface area contributed by atoms with Crippen molar-refractivity contribution in [1.29, 1.82) is 5.26 Å². The second kappa shape index (κ2) is 7.72. The SMILES string of the molecule is CC(Cc1ccc(C#N)cc1)C(=O)NC[C@@]1(CO)C[C@@H]1c1ccccc1. The Morgan fingerprint density at radius 1 is 1.27 bits per heavy atom. The molecule has 0 radical (unpaired) electrons. The highest BCUT2D eigenvalue weighted by molar-refractivity contribution is 5.78. The highest BCUT2D eigenvalue weighted by atomic mass is 16.3. The molecule has 3 rings (SSSR count). The van der Waals surface area contributed by atoms with Crippen molar-refractivity contribution in [2.75, 3.05) is 13.2 Å². The average molecular weight is 348 g/mol. The average Bonchev–Trinajstić information content (AvgIpc) is 3.42. The van der Waals surface area contributed by atoms with Gasteiger partial charge < -0.3 is 10.4 Å². The zero-order valence-electron chi connectivity index (χ0n) is 15.0. The maximum atomic E-state index is 12.5. The summed E-state index contributed by atoms with van der Waals surface area (Å²) in [4.78, 5) is 12.5. The summed E-state index contributed by atoms with van der Waals surface area (Å²) in [7, 11) is 0. The molecule has 1 amide bonds. The fraction of sp³-hybridized carbons (Fsp3) is 0.364. The minimum atomic E-state index is -0.231. The molecule has 26 heavy (non-hydrogen) atoms. The van der Waals surface area contributed by atoms with Crippen LogP contribution in [0.1, 0.15) is 36.0 Å². The van der Waals surface area contributed by atoms with Gasteiger partial charge in [0, 0.05) is 17.9 Å². The van der Waals surface area contributed by atoms with Crippen LogP contribution in [0.15, 0.2) is 54.6 Å². The van der Waals surface area contributed by atoms with E-state index in [1.807, 2.05) is 37.3 Å². The lowest BCUT2D eigenvalue weighted by Gasteiger charge is -2.18. The van der Waals surface area contributed by atoms with Gasteiger partial charge in [-0.25, -0.2) is 0 Å². The predicted molar refractivity (Wildman–Crippen MR) is 100 cm³/mol. The zero-order valence-corrected chi connectivity index (χ0v) is 15.0. The lowest BCUT2D eigenvalue weighted by atomic mass is 9.97. The Labute approximate surface area is 154 Å². The van der Waals surface area contributed by atoms with Crippen molar-refractivity contribution in [2.24, 2.45) is 11.3 Å². The molecule has 0 bridgehead atoms. The van der Waals surface area contributed by atoms with Crippen LogP contribution in [0.5, 0.6) is 0 Å². The maximum absolute atomic E-state index is 12.5. The lowest BCUT2D eigenvalue weighted by molar-refractivity contribution is -0.124. The van der Waals surface area contributed by atoms with Gasteiger partial charge in [-0.1, -0.05) is 49.4 Å². The van der Waals surface area contributed by atoms with Crippen LogP contribution >= 0.6 is 0 Å². The summed E-state index contributed by atoms with van der Waals surface area (Å²) in [6, 6.07) is 19.6. The van der Waals surface area contributed by atoms with Gasteiger partial charge in [0.2, 0.25) is 5.91 Å². The molecule has 1 unspecified atom stereocenters. The summed E-state index contributed by atoms with van der Waals surface area (Å²) < 4.78 is 0. The van der Waals surface area contributed by atoms with Crippen molar-refractivity contribution in [3.05, 3.63) is 71.3 Å². The largest absolute Gasteiger partial charge is 0.396 e. The van der Waals surface area contributed by atoms with Crippen molar-refractivity contribution in [1.82, 2.24) is 5.32 Å². The first-order valence-corrected chi connectivity index (χ1v) is 9.00. The third kappa shape index (κ3) is 3.95. The van der Waals surface area contributed by atoms with Crippen molar-refractivity contribution in [3.8, 4) is 6.07 Å². The molecule has 2 aromatic carbocycles. The first-order valence-electron chi connectivity index (χ1n) is 9.00. The highest BCUT2D eigenvalue weighted by Gasteiger charge is 2.54. The molecule has 0 aliphatic heterocycles. The van der Waals surface area contributed by atoms with Gasteiger partial charge in [-0.2, -0.15) is 5.26 Å². The van der Waals surface area contributed by atoms with Gasteiger partial charge in [-0.15, -0.1) is 0 Å². The van der Waals surface area contributed by atoms with Gasteiger partial charge in [0.15, 0.2) is 0 Å². The van der Waals surface area contributed by atoms with Crippen molar-refractivity contribution in [2.45, 2.75) is 25.7 Å². The molecule has 4 nitrogen and oxygen atoms in total. The summed E-state index contributed by atoms with van der Waals surface area (Å²) in [5.41, 5.74) is 2.65. The van der Waals surface area contributed by atoms with E-state index in [2.05, 4.69) is 23.5 Å². The van der Waals surface area contributed by atoms with E-state index in [4.69, 9.17) is 5.26 Å². The summed E-state index contributed by atoms with van der Waals surface area (Å²) in [5.74, 6) is 0.149. The number of benzene rings is 2. The van der Waals surface area contributed by atoms with Gasteiger partial charge in [-0.05, 0) is 42.0 Å². The topological polar surface area (TPSA) is 73.1 Å². The maximum Gasteiger partial charge on any atom is 0.223 e. The van der Waals surface area contributed by atoms with Crippen LogP contribution in [0.25, 0.3) is 0 Å². The number of nitrogens with zero attached hydrogens (tertiary/aromatic N) is 1. The Balaban J connectivity index is 1.53. The molecule has 1 aliphatic carbocycles. The van der Waals surface area contributed by atoms with Crippen LogP contribution in [-0.2, 0) is 11.2 Å². The number of carbonyl (C=O) groups excluding carboxylic acids is 1. The minimum Gasteiger partial charge on any atom is -0.396 e. The molecule has 1 fully saturated rings. The normalized spacial score (nSPS) is 22.3. The fourth-order valence-corrected chi connectivity index (χ4v) is 3.53. The molecule has 0 heterocycles. The third-order valence-corrected chi connectivity index (χ3v) is 5.39. The number of rotatable bonds is 7. The Bertz CT molecular complexity index is 795. The van der Waals surface area contributed by atoms with E-state index in [1.54, 1.807) is 12.1 Å². The molecular formula is C22H24N2O2. The van der Waals surface area contributed by atoms with Gasteiger partial charge >= 0.3 is 0 Å². The summed E-state index contributed by atoms with van der Waals surface area (Å²) >= 11 is 0. The molecule has 4 heteroatoms. The second-order valence-corrected chi connectivity index (χ2v) is 7.32. The van der Waals surface area contributed by atoms with Crippen molar-refractivity contribution in [3.63, 3.8) is 0 Å². The molecule has 0 saturated heterocycles. The van der Waals surface area contributed by atoms with E-state index in [9.17, 15) is 9.90 Å². The Kier molecular flexibility index (Phi) is 5.39. The number of hydrogen-bond acceptors (Lipinski definition) is 3. The molecule has 0 aromatic heterocycles. The van der Waals surface area contributed by atoms with Gasteiger partial charge in [-0.3, -0.25) is 4.79 Å². The highest BCUT2D eigenvalue weighted by Crippen LogP contribution is 2.58. The predicted octanol–water partition coefficient (Wildman–Crippen LogP) is 3.02. The molecule has 1 aliphatic rings. The Morgan fingerprint density at radius 2 is 1.96 bits per heavy atom. The minimum absolute atomic E-state index is 0.000830. The molecule has 2 aromatic rings. The number of nitriles is 1. The molecule has 3 atom stereocenters. The summed E-state index contributed by atoms with van der Waals surface area (Å²) in [6.07, 6.45) is 1.53. The van der Waals surface area contributed by atoms with Crippen LogP contribution in [0.4, 0.5) is 0 Å². The van der Waals surface area contributed by atoms with E-state index in [0.29, 0.717) is 24.4 Å². The summed E-state index contributed by atoms with van der Waals surface area (Å²) in [6.45, 7) is 2.48. The van der Waals surface area contributed by atoms with Gasteiger partial charge in [0.25, 0.3) is 0 Å². The van der Waals surface area contributed by atoms with Crippen molar-refractivity contribution >= 4 is 5.91 Å².